The number of rotatable bonds is 8. The van der Waals surface area contributed by atoms with E-state index in [4.69, 9.17) is 0 Å². The molecule has 5 nitrogen and oxygen atoms in total. The van der Waals surface area contributed by atoms with Crippen LogP contribution in [0.4, 0.5) is 4.79 Å². The lowest BCUT2D eigenvalue weighted by Crippen LogP contribution is -2.46. The van der Waals surface area contributed by atoms with Crippen molar-refractivity contribution in [2.24, 2.45) is 17.3 Å². The first-order valence-corrected chi connectivity index (χ1v) is 11.4. The molecule has 1 saturated heterocycles. The SMILES string of the molecule is CC(C)C(CCCC(C)(C)[C@H]1CN(C(=O)O)C(C)(C)C1)N[S+]([O-])C(C)(C)C. The van der Waals surface area contributed by atoms with Gasteiger partial charge in [-0.3, -0.25) is 0 Å². The molecule has 6 heteroatoms. The number of carbonyl (C=O) groups is 1. The molecule has 0 aromatic carbocycles. The minimum Gasteiger partial charge on any atom is -0.598 e. The highest BCUT2D eigenvalue weighted by Gasteiger charge is 2.46. The van der Waals surface area contributed by atoms with Crippen LogP contribution in [0.5, 0.6) is 0 Å². The second-order valence-corrected chi connectivity index (χ2v) is 12.8. The van der Waals surface area contributed by atoms with Crippen LogP contribution in [0.15, 0.2) is 0 Å². The molecule has 160 valence electrons. The smallest absolute Gasteiger partial charge is 0.407 e. The van der Waals surface area contributed by atoms with Crippen molar-refractivity contribution in [1.29, 1.82) is 0 Å². The fourth-order valence-corrected chi connectivity index (χ4v) is 4.95. The molecule has 1 aliphatic heterocycles. The highest BCUT2D eigenvalue weighted by Crippen LogP contribution is 2.44. The van der Waals surface area contributed by atoms with Crippen LogP contribution < -0.4 is 4.72 Å². The Morgan fingerprint density at radius 1 is 1.30 bits per heavy atom. The quantitative estimate of drug-likeness (QED) is 0.558. The van der Waals surface area contributed by atoms with Crippen LogP contribution in [0, 0.1) is 17.3 Å². The molecule has 1 rings (SSSR count). The van der Waals surface area contributed by atoms with Crippen LogP contribution in [-0.4, -0.2) is 43.5 Å². The van der Waals surface area contributed by atoms with Gasteiger partial charge in [0.1, 0.15) is 4.75 Å². The Hall–Kier alpha value is -0.460. The predicted molar refractivity (Wildman–Crippen MR) is 114 cm³/mol. The highest BCUT2D eigenvalue weighted by atomic mass is 32.2. The van der Waals surface area contributed by atoms with Crippen molar-refractivity contribution < 1.29 is 14.5 Å². The van der Waals surface area contributed by atoms with Gasteiger partial charge in [-0.2, -0.15) is 0 Å². The maximum Gasteiger partial charge on any atom is 0.407 e. The number of hydrogen-bond donors (Lipinski definition) is 2. The lowest BCUT2D eigenvalue weighted by Gasteiger charge is -2.33. The summed E-state index contributed by atoms with van der Waals surface area (Å²) in [5.74, 6) is 0.796. The second kappa shape index (κ2) is 8.91. The average Bonchev–Trinajstić information content (AvgIpc) is 2.81. The van der Waals surface area contributed by atoms with Crippen LogP contribution in [0.3, 0.4) is 0 Å². The Balaban J connectivity index is 2.63. The summed E-state index contributed by atoms with van der Waals surface area (Å²) in [6.07, 6.45) is 3.18. The van der Waals surface area contributed by atoms with Crippen LogP contribution in [-0.2, 0) is 11.4 Å². The normalized spacial score (nSPS) is 22.9. The molecule has 0 aromatic rings. The minimum atomic E-state index is -1.06. The summed E-state index contributed by atoms with van der Waals surface area (Å²) in [5.41, 5.74) is -0.203. The van der Waals surface area contributed by atoms with Crippen molar-refractivity contribution in [3.05, 3.63) is 0 Å². The van der Waals surface area contributed by atoms with Gasteiger partial charge in [0.05, 0.1) is 6.04 Å². The molecular weight excluding hydrogens is 360 g/mol. The molecule has 0 spiro atoms. The largest absolute Gasteiger partial charge is 0.598 e. The van der Waals surface area contributed by atoms with E-state index in [1.54, 1.807) is 4.90 Å². The maximum atomic E-state index is 12.5. The summed E-state index contributed by atoms with van der Waals surface area (Å²) in [6.45, 7) is 19.5. The van der Waals surface area contributed by atoms with Crippen molar-refractivity contribution in [3.8, 4) is 0 Å². The number of carboxylic acid groups (broad SMARTS) is 1. The lowest BCUT2D eigenvalue weighted by molar-refractivity contribution is 0.115. The molecule has 3 atom stereocenters. The first-order valence-electron chi connectivity index (χ1n) is 10.3. The van der Waals surface area contributed by atoms with Gasteiger partial charge in [0.25, 0.3) is 0 Å². The Labute approximate surface area is 170 Å². The van der Waals surface area contributed by atoms with E-state index in [9.17, 15) is 14.5 Å². The average molecular weight is 403 g/mol. The number of amides is 1. The maximum absolute atomic E-state index is 12.5. The molecular formula is C21H42N2O3S. The molecule has 1 fully saturated rings. The fourth-order valence-electron chi connectivity index (χ4n) is 3.93. The van der Waals surface area contributed by atoms with Crippen LogP contribution in [0.25, 0.3) is 0 Å². The van der Waals surface area contributed by atoms with E-state index in [-0.39, 0.29) is 21.7 Å². The highest BCUT2D eigenvalue weighted by molar-refractivity contribution is 7.90. The van der Waals surface area contributed by atoms with Crippen LogP contribution in [0.1, 0.15) is 88.0 Å². The minimum absolute atomic E-state index is 0.0895. The van der Waals surface area contributed by atoms with E-state index in [1.165, 1.54) is 0 Å². The van der Waals surface area contributed by atoms with Crippen molar-refractivity contribution in [2.45, 2.75) is 104 Å². The molecule has 0 bridgehead atoms. The third-order valence-electron chi connectivity index (χ3n) is 6.17. The van der Waals surface area contributed by atoms with Gasteiger partial charge in [0.15, 0.2) is 0 Å². The van der Waals surface area contributed by atoms with Gasteiger partial charge >= 0.3 is 6.09 Å². The zero-order chi connectivity index (χ0) is 21.2. The first kappa shape index (κ1) is 24.6. The zero-order valence-corrected chi connectivity index (χ0v) is 19.7. The number of nitrogens with zero attached hydrogens (tertiary/aromatic N) is 1. The van der Waals surface area contributed by atoms with E-state index in [2.05, 4.69) is 32.4 Å². The second-order valence-electron chi connectivity index (χ2n) is 10.8. The van der Waals surface area contributed by atoms with Crippen LogP contribution >= 0.6 is 0 Å². The molecule has 0 saturated carbocycles. The molecule has 0 aromatic heterocycles. The van der Waals surface area contributed by atoms with E-state index < -0.39 is 17.5 Å². The van der Waals surface area contributed by atoms with Gasteiger partial charge in [0.2, 0.25) is 0 Å². The van der Waals surface area contributed by atoms with Gasteiger partial charge in [-0.1, -0.05) is 34.1 Å². The fraction of sp³-hybridized carbons (Fsp3) is 0.952. The van der Waals surface area contributed by atoms with Crippen LogP contribution in [0.2, 0.25) is 0 Å². The molecule has 1 aliphatic rings. The van der Waals surface area contributed by atoms with Crippen molar-refractivity contribution >= 4 is 17.5 Å². The van der Waals surface area contributed by atoms with Crippen molar-refractivity contribution in [1.82, 2.24) is 9.62 Å². The van der Waals surface area contributed by atoms with Gasteiger partial charge in [0, 0.05) is 23.4 Å². The van der Waals surface area contributed by atoms with E-state index >= 15 is 0 Å². The monoisotopic (exact) mass is 402 g/mol. The molecule has 27 heavy (non-hydrogen) atoms. The Morgan fingerprint density at radius 2 is 1.85 bits per heavy atom. The van der Waals surface area contributed by atoms with Gasteiger partial charge in [-0.25, -0.2) is 4.79 Å². The lowest BCUT2D eigenvalue weighted by atomic mass is 9.72. The van der Waals surface area contributed by atoms with Gasteiger partial charge < -0.3 is 14.6 Å². The Bertz CT molecular complexity index is 500. The molecule has 0 radical (unpaired) electrons. The van der Waals surface area contributed by atoms with E-state index in [0.717, 1.165) is 25.7 Å². The van der Waals surface area contributed by atoms with Crippen molar-refractivity contribution in [3.63, 3.8) is 0 Å². The molecule has 2 unspecified atom stereocenters. The summed E-state index contributed by atoms with van der Waals surface area (Å²) >= 11 is -1.06. The van der Waals surface area contributed by atoms with Gasteiger partial charge in [-0.15, -0.1) is 4.72 Å². The number of likely N-dealkylation sites (tertiary alicyclic amines) is 1. The summed E-state index contributed by atoms with van der Waals surface area (Å²) in [7, 11) is 0. The van der Waals surface area contributed by atoms with E-state index in [0.29, 0.717) is 18.4 Å². The topological polar surface area (TPSA) is 75.6 Å². The third-order valence-corrected chi connectivity index (χ3v) is 7.80. The molecule has 1 amide bonds. The Kier molecular flexibility index (Phi) is 8.11. The summed E-state index contributed by atoms with van der Waals surface area (Å²) < 4.78 is 15.5. The number of nitrogens with one attached hydrogen (secondary N) is 1. The molecule has 1 heterocycles. The summed E-state index contributed by atoms with van der Waals surface area (Å²) in [5, 5.41) is 9.48. The zero-order valence-electron chi connectivity index (χ0n) is 18.9. The van der Waals surface area contributed by atoms with E-state index in [1.807, 2.05) is 34.6 Å². The standard InChI is InChI=1S/C21H42N2O3S/c1-15(2)17(22-27(26)19(3,4)5)11-10-12-20(6,7)16-13-21(8,9)23(14-16)18(24)25/h15-17,22H,10-14H2,1-9H3,(H,24,25)/t16-,17?,27?/m1/s1. The summed E-state index contributed by atoms with van der Waals surface area (Å²) in [4.78, 5) is 13.1. The Morgan fingerprint density at radius 3 is 2.26 bits per heavy atom. The predicted octanol–water partition coefficient (Wildman–Crippen LogP) is 5.04. The van der Waals surface area contributed by atoms with Gasteiger partial charge in [-0.05, 0) is 71.1 Å². The molecule has 0 aliphatic carbocycles. The summed E-state index contributed by atoms with van der Waals surface area (Å²) in [6, 6.07) is 0.233. The molecule has 2 N–H and O–H groups in total. The third kappa shape index (κ3) is 6.82. The first-order chi connectivity index (χ1) is 12.1. The van der Waals surface area contributed by atoms with Crippen molar-refractivity contribution in [2.75, 3.05) is 6.54 Å². The number of hydrogen-bond acceptors (Lipinski definition) is 3.